The van der Waals surface area contributed by atoms with E-state index in [0.717, 1.165) is 18.2 Å². The van der Waals surface area contributed by atoms with Gasteiger partial charge in [0.15, 0.2) is 5.43 Å². The Balaban J connectivity index is 2.80. The van der Waals surface area contributed by atoms with E-state index < -0.39 is 39.2 Å². The van der Waals surface area contributed by atoms with E-state index in [4.69, 9.17) is 4.42 Å². The quantitative estimate of drug-likeness (QED) is 0.484. The van der Waals surface area contributed by atoms with Gasteiger partial charge in [0, 0.05) is 6.07 Å². The molecular weight excluding hydrogens is 273 g/mol. The van der Waals surface area contributed by atoms with E-state index in [1.54, 1.807) is 6.92 Å². The minimum absolute atomic E-state index is 0.0336. The molecular formula is C12H8FNO6. The van der Waals surface area contributed by atoms with E-state index in [0.29, 0.717) is 0 Å². The molecule has 2 rings (SSSR count). The van der Waals surface area contributed by atoms with Crippen LogP contribution in [-0.4, -0.2) is 17.5 Å². The number of ether oxygens (including phenoxy) is 1. The SMILES string of the molecule is CCOC(=O)c1cc(=O)c2ccc(F)c([N+](=O)[O-])c2o1. The number of nitro benzene ring substituents is 1. The third-order valence-corrected chi connectivity index (χ3v) is 2.48. The van der Waals surface area contributed by atoms with Crippen molar-refractivity contribution >= 4 is 22.6 Å². The minimum atomic E-state index is -1.16. The van der Waals surface area contributed by atoms with Crippen LogP contribution in [0.5, 0.6) is 0 Å². The molecule has 0 radical (unpaired) electrons. The first-order valence-electron chi connectivity index (χ1n) is 5.53. The standard InChI is InChI=1S/C12H8FNO6/c1-2-19-12(16)9-5-8(15)6-3-4-7(13)10(14(17)18)11(6)20-9/h3-5H,2H2,1H3. The number of nitro groups is 1. The maximum Gasteiger partial charge on any atom is 0.374 e. The lowest BCUT2D eigenvalue weighted by atomic mass is 10.2. The number of benzene rings is 1. The summed E-state index contributed by atoms with van der Waals surface area (Å²) < 4.78 is 23.1. The summed E-state index contributed by atoms with van der Waals surface area (Å²) in [6, 6.07) is 2.70. The van der Waals surface area contributed by atoms with Crippen LogP contribution < -0.4 is 5.43 Å². The molecule has 1 heterocycles. The average molecular weight is 281 g/mol. The first-order valence-corrected chi connectivity index (χ1v) is 5.53. The Labute approximate surface area is 110 Å². The van der Waals surface area contributed by atoms with Gasteiger partial charge in [-0.25, -0.2) is 4.79 Å². The highest BCUT2D eigenvalue weighted by Gasteiger charge is 2.24. The number of hydrogen-bond acceptors (Lipinski definition) is 6. The van der Waals surface area contributed by atoms with Crippen molar-refractivity contribution in [2.75, 3.05) is 6.61 Å². The molecule has 2 aromatic rings. The maximum absolute atomic E-state index is 13.5. The second kappa shape index (κ2) is 5.08. The van der Waals surface area contributed by atoms with Crippen LogP contribution in [0.1, 0.15) is 17.5 Å². The Bertz CT molecular complexity index is 766. The van der Waals surface area contributed by atoms with Gasteiger partial charge in [-0.1, -0.05) is 0 Å². The zero-order chi connectivity index (χ0) is 14.9. The number of carbonyl (C=O) groups is 1. The third-order valence-electron chi connectivity index (χ3n) is 2.48. The summed E-state index contributed by atoms with van der Waals surface area (Å²) in [5.41, 5.74) is -2.28. The first kappa shape index (κ1) is 13.7. The van der Waals surface area contributed by atoms with Gasteiger partial charge in [0.1, 0.15) is 0 Å². The zero-order valence-corrected chi connectivity index (χ0v) is 10.2. The first-order chi connectivity index (χ1) is 9.45. The van der Waals surface area contributed by atoms with Crippen LogP contribution in [0.25, 0.3) is 11.0 Å². The van der Waals surface area contributed by atoms with Gasteiger partial charge in [-0.2, -0.15) is 4.39 Å². The fourth-order valence-corrected chi connectivity index (χ4v) is 1.65. The fraction of sp³-hybridized carbons (Fsp3) is 0.167. The molecule has 0 saturated carbocycles. The van der Waals surface area contributed by atoms with Crippen LogP contribution in [0.15, 0.2) is 27.4 Å². The molecule has 0 spiro atoms. The second-order valence-corrected chi connectivity index (χ2v) is 3.73. The Morgan fingerprint density at radius 3 is 2.80 bits per heavy atom. The van der Waals surface area contributed by atoms with E-state index >= 15 is 0 Å². The van der Waals surface area contributed by atoms with Crippen LogP contribution in [-0.2, 0) is 4.74 Å². The van der Waals surface area contributed by atoms with Gasteiger partial charge in [0.25, 0.3) is 0 Å². The molecule has 20 heavy (non-hydrogen) atoms. The highest BCUT2D eigenvalue weighted by Crippen LogP contribution is 2.27. The number of halogens is 1. The van der Waals surface area contributed by atoms with Crippen LogP contribution >= 0.6 is 0 Å². The van der Waals surface area contributed by atoms with Gasteiger partial charge in [0.2, 0.25) is 17.2 Å². The summed E-state index contributed by atoms with van der Waals surface area (Å²) >= 11 is 0. The monoisotopic (exact) mass is 281 g/mol. The van der Waals surface area contributed by atoms with Gasteiger partial charge in [-0.15, -0.1) is 0 Å². The van der Waals surface area contributed by atoms with Gasteiger partial charge in [-0.3, -0.25) is 14.9 Å². The second-order valence-electron chi connectivity index (χ2n) is 3.73. The van der Waals surface area contributed by atoms with Crippen LogP contribution in [0.2, 0.25) is 0 Å². The number of nitrogens with zero attached hydrogens (tertiary/aromatic N) is 1. The lowest BCUT2D eigenvalue weighted by Crippen LogP contribution is -2.11. The van der Waals surface area contributed by atoms with Gasteiger partial charge >= 0.3 is 11.7 Å². The van der Waals surface area contributed by atoms with Crippen molar-refractivity contribution in [3.63, 3.8) is 0 Å². The number of rotatable bonds is 3. The van der Waals surface area contributed by atoms with Crippen molar-refractivity contribution in [3.8, 4) is 0 Å². The van der Waals surface area contributed by atoms with Crippen molar-refractivity contribution in [3.05, 3.63) is 50.1 Å². The molecule has 1 aromatic carbocycles. The highest BCUT2D eigenvalue weighted by atomic mass is 19.1. The molecule has 0 N–H and O–H groups in total. The number of fused-ring (bicyclic) bond motifs is 1. The van der Waals surface area contributed by atoms with E-state index in [1.807, 2.05) is 0 Å². The van der Waals surface area contributed by atoms with E-state index in [2.05, 4.69) is 4.74 Å². The molecule has 0 atom stereocenters. The van der Waals surface area contributed by atoms with Gasteiger partial charge < -0.3 is 9.15 Å². The lowest BCUT2D eigenvalue weighted by Gasteiger charge is -2.03. The number of hydrogen-bond donors (Lipinski definition) is 0. The van der Waals surface area contributed by atoms with Gasteiger partial charge in [0.05, 0.1) is 16.9 Å². The minimum Gasteiger partial charge on any atom is -0.460 e. The van der Waals surface area contributed by atoms with E-state index in [-0.39, 0.29) is 12.0 Å². The molecule has 0 bridgehead atoms. The summed E-state index contributed by atoms with van der Waals surface area (Å²) in [5, 5.41) is 10.7. The zero-order valence-electron chi connectivity index (χ0n) is 10.2. The van der Waals surface area contributed by atoms with E-state index in [9.17, 15) is 24.1 Å². The number of esters is 1. The smallest absolute Gasteiger partial charge is 0.374 e. The largest absolute Gasteiger partial charge is 0.460 e. The van der Waals surface area contributed by atoms with Crippen LogP contribution in [0.3, 0.4) is 0 Å². The molecule has 0 fully saturated rings. The highest BCUT2D eigenvalue weighted by molar-refractivity contribution is 5.91. The molecule has 0 aliphatic rings. The van der Waals surface area contributed by atoms with Crippen LogP contribution in [0, 0.1) is 15.9 Å². The predicted octanol–water partition coefficient (Wildman–Crippen LogP) is 2.02. The summed E-state index contributed by atoms with van der Waals surface area (Å²) in [5.74, 6) is -2.63. The maximum atomic E-state index is 13.5. The molecule has 0 saturated heterocycles. The molecule has 8 heteroatoms. The lowest BCUT2D eigenvalue weighted by molar-refractivity contribution is -0.386. The summed E-state index contributed by atoms with van der Waals surface area (Å²) in [6.45, 7) is 1.57. The molecule has 7 nitrogen and oxygen atoms in total. The van der Waals surface area contributed by atoms with Crippen molar-refractivity contribution in [2.24, 2.45) is 0 Å². The Kier molecular flexibility index (Phi) is 3.47. The molecule has 0 amide bonds. The Morgan fingerprint density at radius 1 is 1.50 bits per heavy atom. The number of carbonyl (C=O) groups excluding carboxylic acids is 1. The average Bonchev–Trinajstić information content (AvgIpc) is 2.37. The summed E-state index contributed by atoms with van der Waals surface area (Å²) in [6.07, 6.45) is 0. The normalized spacial score (nSPS) is 10.5. The summed E-state index contributed by atoms with van der Waals surface area (Å²) in [4.78, 5) is 33.1. The van der Waals surface area contributed by atoms with Crippen molar-refractivity contribution < 1.29 is 23.3 Å². The molecule has 104 valence electrons. The molecule has 0 unspecified atom stereocenters. The molecule has 0 aliphatic heterocycles. The third kappa shape index (κ3) is 2.22. The Hall–Kier alpha value is -2.77. The van der Waals surface area contributed by atoms with Gasteiger partial charge in [-0.05, 0) is 19.1 Å². The van der Waals surface area contributed by atoms with Crippen LogP contribution in [0.4, 0.5) is 10.1 Å². The predicted molar refractivity (Wildman–Crippen MR) is 65.1 cm³/mol. The van der Waals surface area contributed by atoms with Crippen molar-refractivity contribution in [1.29, 1.82) is 0 Å². The summed E-state index contributed by atoms with van der Waals surface area (Å²) in [7, 11) is 0. The Morgan fingerprint density at radius 2 is 2.20 bits per heavy atom. The fourth-order valence-electron chi connectivity index (χ4n) is 1.65. The van der Waals surface area contributed by atoms with Crippen molar-refractivity contribution in [1.82, 2.24) is 0 Å². The van der Waals surface area contributed by atoms with E-state index in [1.165, 1.54) is 0 Å². The topological polar surface area (TPSA) is 99.7 Å². The van der Waals surface area contributed by atoms with Crippen molar-refractivity contribution in [2.45, 2.75) is 6.92 Å². The molecule has 1 aromatic heterocycles. The molecule has 0 aliphatic carbocycles.